The topological polar surface area (TPSA) is 21.3 Å². The summed E-state index contributed by atoms with van der Waals surface area (Å²) in [6.45, 7) is 4.57. The SMILES string of the molecule is CO[SiH3].C[SiH](C)N[SiH3]. The van der Waals surface area contributed by atoms with Crippen molar-refractivity contribution in [3.05, 3.63) is 0 Å². The molecule has 0 amide bonds. The van der Waals surface area contributed by atoms with Crippen LogP contribution in [0.1, 0.15) is 0 Å². The molecule has 0 aliphatic heterocycles. The van der Waals surface area contributed by atoms with Crippen LogP contribution in [0.4, 0.5) is 0 Å². The molecule has 0 aliphatic carbocycles. The molecule has 0 atom stereocenters. The Morgan fingerprint density at radius 3 is 1.62 bits per heavy atom. The molecule has 0 aromatic heterocycles. The van der Waals surface area contributed by atoms with E-state index in [1.165, 1.54) is 10.4 Å². The third-order valence-corrected chi connectivity index (χ3v) is 5.20. The standard InChI is InChI=1S/C2H11NSi2.CH6OSi/c1-5(2)3-4;1-2-3/h3,5H,1-2,4H3;1,3H3. The van der Waals surface area contributed by atoms with Crippen molar-refractivity contribution in [2.75, 3.05) is 7.11 Å². The van der Waals surface area contributed by atoms with Gasteiger partial charge in [0, 0.05) is 7.11 Å². The fourth-order valence-electron chi connectivity index (χ4n) is 0. The molecule has 0 unspecified atom stereocenters. The Bertz CT molecular complexity index is 35.7. The van der Waals surface area contributed by atoms with Crippen LogP contribution in [-0.4, -0.2) is 37.0 Å². The van der Waals surface area contributed by atoms with Crippen LogP contribution in [0.25, 0.3) is 0 Å². The Labute approximate surface area is 59.7 Å². The minimum atomic E-state index is -0.338. The molecule has 0 saturated carbocycles. The molecule has 0 spiro atoms. The highest BCUT2D eigenvalue weighted by Crippen LogP contribution is 1.61. The number of nitrogens with one attached hydrogen (secondary N) is 1. The van der Waals surface area contributed by atoms with Crippen molar-refractivity contribution in [1.82, 2.24) is 4.65 Å². The third kappa shape index (κ3) is 30.9. The van der Waals surface area contributed by atoms with Gasteiger partial charge in [-0.3, -0.25) is 0 Å². The molecule has 0 aromatic carbocycles. The van der Waals surface area contributed by atoms with Crippen molar-refractivity contribution in [3.8, 4) is 0 Å². The van der Waals surface area contributed by atoms with E-state index in [1.807, 2.05) is 0 Å². The summed E-state index contributed by atoms with van der Waals surface area (Å²) in [5.41, 5.74) is 0. The minimum Gasteiger partial charge on any atom is -0.431 e. The highest BCUT2D eigenvalue weighted by Gasteiger charge is 1.80. The van der Waals surface area contributed by atoms with Gasteiger partial charge in [-0.25, -0.2) is 0 Å². The zero-order valence-electron chi connectivity index (χ0n) is 6.49. The third-order valence-electron chi connectivity index (χ3n) is 0.577. The van der Waals surface area contributed by atoms with Gasteiger partial charge in [0.1, 0.15) is 10.5 Å². The Kier molecular flexibility index (Phi) is 15.0. The van der Waals surface area contributed by atoms with Gasteiger partial charge in [-0.1, -0.05) is 13.1 Å². The molecule has 0 bridgehead atoms. The summed E-state index contributed by atoms with van der Waals surface area (Å²) < 4.78 is 7.69. The fourth-order valence-corrected chi connectivity index (χ4v) is 0. The van der Waals surface area contributed by atoms with Gasteiger partial charge in [-0.15, -0.1) is 0 Å². The van der Waals surface area contributed by atoms with E-state index in [9.17, 15) is 0 Å². The summed E-state index contributed by atoms with van der Waals surface area (Å²) >= 11 is 0. The lowest BCUT2D eigenvalue weighted by molar-refractivity contribution is 0.460. The predicted octanol–water partition coefficient (Wildman–Crippen LogP) is -2.25. The Morgan fingerprint density at radius 1 is 1.50 bits per heavy atom. The van der Waals surface area contributed by atoms with Crippen LogP contribution >= 0.6 is 0 Å². The van der Waals surface area contributed by atoms with E-state index in [1.54, 1.807) is 7.11 Å². The number of hydrogen-bond acceptors (Lipinski definition) is 2. The quantitative estimate of drug-likeness (QED) is 0.446. The smallest absolute Gasteiger partial charge is 0.145 e. The average molecular weight is 167 g/mol. The van der Waals surface area contributed by atoms with Gasteiger partial charge in [0.2, 0.25) is 0 Å². The molecule has 0 radical (unpaired) electrons. The Morgan fingerprint density at radius 2 is 1.62 bits per heavy atom. The Balaban J connectivity index is 0. The van der Waals surface area contributed by atoms with Crippen molar-refractivity contribution < 1.29 is 4.43 Å². The van der Waals surface area contributed by atoms with E-state index in [4.69, 9.17) is 0 Å². The van der Waals surface area contributed by atoms with Gasteiger partial charge >= 0.3 is 0 Å². The lowest BCUT2D eigenvalue weighted by atomic mass is 11.8. The van der Waals surface area contributed by atoms with Gasteiger partial charge < -0.3 is 9.07 Å². The zero-order valence-corrected chi connectivity index (χ0v) is 11.6. The molecule has 5 heteroatoms. The number of rotatable bonds is 1. The molecule has 0 fully saturated rings. The van der Waals surface area contributed by atoms with Crippen LogP contribution in [0.5, 0.6) is 0 Å². The van der Waals surface area contributed by atoms with E-state index in [2.05, 4.69) is 22.2 Å². The normalized spacial score (nSPS) is 9.00. The first-order valence-electron chi connectivity index (χ1n) is 2.76. The zero-order chi connectivity index (χ0) is 6.99. The molecule has 2 nitrogen and oxygen atoms in total. The maximum absolute atomic E-state index is 4.39. The van der Waals surface area contributed by atoms with Crippen molar-refractivity contribution in [3.63, 3.8) is 0 Å². The predicted molar refractivity (Wildman–Crippen MR) is 48.9 cm³/mol. The number of hydrogen-bond donors (Lipinski definition) is 1. The summed E-state index contributed by atoms with van der Waals surface area (Å²) in [7, 11) is 3.40. The Hall–Kier alpha value is 0.571. The van der Waals surface area contributed by atoms with E-state index in [0.717, 1.165) is 10.5 Å². The molecule has 0 aliphatic rings. The molecular weight excluding hydrogens is 150 g/mol. The second kappa shape index (κ2) is 10.5. The summed E-state index contributed by atoms with van der Waals surface area (Å²) in [6.07, 6.45) is 0. The van der Waals surface area contributed by atoms with Crippen molar-refractivity contribution >= 4 is 29.8 Å². The van der Waals surface area contributed by atoms with Gasteiger partial charge in [0.25, 0.3) is 0 Å². The lowest BCUT2D eigenvalue weighted by Crippen LogP contribution is -2.23. The van der Waals surface area contributed by atoms with Crippen molar-refractivity contribution in [2.45, 2.75) is 13.1 Å². The molecule has 0 saturated heterocycles. The lowest BCUT2D eigenvalue weighted by Gasteiger charge is -1.92. The van der Waals surface area contributed by atoms with Gasteiger partial charge in [0.05, 0.1) is 19.4 Å². The van der Waals surface area contributed by atoms with Crippen LogP contribution in [0.15, 0.2) is 0 Å². The summed E-state index contributed by atoms with van der Waals surface area (Å²) in [4.78, 5) is 0. The summed E-state index contributed by atoms with van der Waals surface area (Å²) in [6, 6.07) is 0. The highest BCUT2D eigenvalue weighted by atomic mass is 28.3. The maximum Gasteiger partial charge on any atom is 0.145 e. The first-order chi connectivity index (χ1) is 3.68. The fraction of sp³-hybridized carbons (Fsp3) is 1.00. The molecule has 52 valence electrons. The highest BCUT2D eigenvalue weighted by molar-refractivity contribution is 6.58. The average Bonchev–Trinajstić information content (AvgIpc) is 1.69. The molecular formula is C3H17NOSi3. The summed E-state index contributed by atoms with van der Waals surface area (Å²) in [5, 5.41) is 0. The molecule has 8 heavy (non-hydrogen) atoms. The van der Waals surface area contributed by atoms with Crippen LogP contribution < -0.4 is 4.65 Å². The van der Waals surface area contributed by atoms with Crippen LogP contribution in [0.2, 0.25) is 13.1 Å². The first-order valence-corrected chi connectivity index (χ1v) is 7.46. The molecule has 0 rings (SSSR count). The van der Waals surface area contributed by atoms with Crippen molar-refractivity contribution in [2.24, 2.45) is 0 Å². The van der Waals surface area contributed by atoms with E-state index in [0.29, 0.717) is 0 Å². The van der Waals surface area contributed by atoms with Crippen molar-refractivity contribution in [1.29, 1.82) is 0 Å². The van der Waals surface area contributed by atoms with E-state index in [-0.39, 0.29) is 8.96 Å². The second-order valence-electron chi connectivity index (χ2n) is 1.85. The second-order valence-corrected chi connectivity index (χ2v) is 7.29. The minimum absolute atomic E-state index is 0.338. The largest absolute Gasteiger partial charge is 0.431 e. The van der Waals surface area contributed by atoms with Crippen LogP contribution in [0.3, 0.4) is 0 Å². The molecule has 1 N–H and O–H groups in total. The van der Waals surface area contributed by atoms with Crippen LogP contribution in [-0.2, 0) is 4.43 Å². The monoisotopic (exact) mass is 167 g/mol. The van der Waals surface area contributed by atoms with E-state index < -0.39 is 0 Å². The van der Waals surface area contributed by atoms with Gasteiger partial charge in [-0.05, 0) is 0 Å². The first kappa shape index (κ1) is 11.4. The van der Waals surface area contributed by atoms with Gasteiger partial charge in [0.15, 0.2) is 0 Å². The van der Waals surface area contributed by atoms with Gasteiger partial charge in [-0.2, -0.15) is 0 Å². The maximum atomic E-state index is 4.39. The van der Waals surface area contributed by atoms with Crippen LogP contribution in [0, 0.1) is 0 Å². The van der Waals surface area contributed by atoms with E-state index >= 15 is 0 Å². The molecule has 0 heterocycles. The molecule has 0 aromatic rings. The summed E-state index contributed by atoms with van der Waals surface area (Å²) in [5.74, 6) is 0.